The third-order valence-electron chi connectivity index (χ3n) is 4.92. The first-order valence-corrected chi connectivity index (χ1v) is 11.7. The van der Waals surface area contributed by atoms with E-state index in [9.17, 15) is 13.5 Å². The number of fused-ring (bicyclic) bond motifs is 1. The molecule has 0 bridgehead atoms. The van der Waals surface area contributed by atoms with Gasteiger partial charge >= 0.3 is 0 Å². The maximum Gasteiger partial charge on any atom is 0.235 e. The van der Waals surface area contributed by atoms with Gasteiger partial charge in [0.2, 0.25) is 16.0 Å². The van der Waals surface area contributed by atoms with Crippen molar-refractivity contribution in [1.29, 1.82) is 0 Å². The predicted molar refractivity (Wildman–Crippen MR) is 117 cm³/mol. The average Bonchev–Trinajstić information content (AvgIpc) is 3.15. The van der Waals surface area contributed by atoms with Crippen LogP contribution in [0.3, 0.4) is 0 Å². The zero-order valence-electron chi connectivity index (χ0n) is 16.4. The van der Waals surface area contributed by atoms with Crippen molar-refractivity contribution in [3.63, 3.8) is 0 Å². The van der Waals surface area contributed by atoms with Gasteiger partial charge < -0.3 is 14.7 Å². The van der Waals surface area contributed by atoms with Gasteiger partial charge in [-0.15, -0.1) is 11.3 Å². The summed E-state index contributed by atoms with van der Waals surface area (Å²) in [7, 11) is -1.95. The third kappa shape index (κ3) is 4.31. The SMILES string of the molecule is C=CS(=O)(=O)N(C)Cc1cc2nc(N3CCOC(c4cccc(O)c4)C3)ncc2s1. The topological polar surface area (TPSA) is 95.9 Å². The van der Waals surface area contributed by atoms with Gasteiger partial charge in [0.25, 0.3) is 0 Å². The first kappa shape index (κ1) is 20.7. The lowest BCUT2D eigenvalue weighted by Crippen LogP contribution is -2.39. The highest BCUT2D eigenvalue weighted by Gasteiger charge is 2.24. The number of hydrogen-bond donors (Lipinski definition) is 1. The summed E-state index contributed by atoms with van der Waals surface area (Å²) in [5, 5.41) is 10.7. The number of phenols is 1. The summed E-state index contributed by atoms with van der Waals surface area (Å²) in [6.45, 7) is 5.38. The van der Waals surface area contributed by atoms with Crippen LogP contribution in [0.1, 0.15) is 16.5 Å². The Kier molecular flexibility index (Phi) is 5.74. The molecule has 0 amide bonds. The van der Waals surface area contributed by atoms with E-state index in [1.807, 2.05) is 12.1 Å². The van der Waals surface area contributed by atoms with Gasteiger partial charge in [-0.25, -0.2) is 18.4 Å². The van der Waals surface area contributed by atoms with E-state index in [1.54, 1.807) is 24.4 Å². The zero-order chi connectivity index (χ0) is 21.3. The van der Waals surface area contributed by atoms with Crippen molar-refractivity contribution >= 4 is 37.5 Å². The molecule has 1 aliphatic rings. The van der Waals surface area contributed by atoms with Crippen molar-refractivity contribution in [3.8, 4) is 5.75 Å². The van der Waals surface area contributed by atoms with Crippen LogP contribution >= 0.6 is 11.3 Å². The Balaban J connectivity index is 1.54. The van der Waals surface area contributed by atoms with Crippen LogP contribution in [-0.4, -0.2) is 54.5 Å². The van der Waals surface area contributed by atoms with E-state index in [1.165, 1.54) is 22.7 Å². The maximum absolute atomic E-state index is 11.9. The van der Waals surface area contributed by atoms with Gasteiger partial charge in [0.1, 0.15) is 11.9 Å². The minimum atomic E-state index is -3.47. The number of ether oxygens (including phenoxy) is 1. The lowest BCUT2D eigenvalue weighted by Gasteiger charge is -2.33. The van der Waals surface area contributed by atoms with Crippen molar-refractivity contribution < 1.29 is 18.3 Å². The number of sulfonamides is 1. The fraction of sp³-hybridized carbons (Fsp3) is 0.300. The van der Waals surface area contributed by atoms with E-state index in [0.29, 0.717) is 25.6 Å². The summed E-state index contributed by atoms with van der Waals surface area (Å²) in [5.41, 5.74) is 1.69. The number of aromatic hydroxyl groups is 1. The lowest BCUT2D eigenvalue weighted by molar-refractivity contribution is 0.0391. The predicted octanol–water partition coefficient (Wildman–Crippen LogP) is 2.88. The molecular formula is C20H22N4O4S2. The highest BCUT2D eigenvalue weighted by atomic mass is 32.2. The molecule has 1 N–H and O–H groups in total. The first-order chi connectivity index (χ1) is 14.4. The largest absolute Gasteiger partial charge is 0.508 e. The van der Waals surface area contributed by atoms with Crippen LogP contribution in [-0.2, 0) is 21.3 Å². The van der Waals surface area contributed by atoms with Gasteiger partial charge in [0, 0.05) is 30.4 Å². The molecular weight excluding hydrogens is 424 g/mol. The van der Waals surface area contributed by atoms with Crippen molar-refractivity contribution in [2.75, 3.05) is 31.6 Å². The first-order valence-electron chi connectivity index (χ1n) is 9.35. The Morgan fingerprint density at radius 3 is 3.03 bits per heavy atom. The Morgan fingerprint density at radius 1 is 1.43 bits per heavy atom. The Labute approximate surface area is 179 Å². The number of benzene rings is 1. The van der Waals surface area contributed by atoms with Gasteiger partial charge in [-0.2, -0.15) is 4.31 Å². The number of nitrogens with zero attached hydrogens (tertiary/aromatic N) is 4. The van der Waals surface area contributed by atoms with Crippen molar-refractivity contribution in [3.05, 3.63) is 59.0 Å². The van der Waals surface area contributed by atoms with Gasteiger partial charge in [-0.05, 0) is 23.8 Å². The summed E-state index contributed by atoms with van der Waals surface area (Å²) < 4.78 is 31.8. The Morgan fingerprint density at radius 2 is 2.27 bits per heavy atom. The second-order valence-corrected chi connectivity index (χ2v) is 10.2. The average molecular weight is 447 g/mol. The monoisotopic (exact) mass is 446 g/mol. The van der Waals surface area contributed by atoms with Crippen LogP contribution in [0.2, 0.25) is 0 Å². The second kappa shape index (κ2) is 8.31. The van der Waals surface area contributed by atoms with Crippen LogP contribution in [0.25, 0.3) is 10.2 Å². The molecule has 1 unspecified atom stereocenters. The molecule has 1 fully saturated rings. The molecule has 1 atom stereocenters. The molecule has 3 heterocycles. The molecule has 2 aromatic heterocycles. The van der Waals surface area contributed by atoms with E-state index in [0.717, 1.165) is 26.1 Å². The van der Waals surface area contributed by atoms with Crippen LogP contribution in [0.4, 0.5) is 5.95 Å². The number of anilines is 1. The van der Waals surface area contributed by atoms with Gasteiger partial charge in [-0.1, -0.05) is 18.7 Å². The van der Waals surface area contributed by atoms with Gasteiger partial charge in [0.05, 0.1) is 29.6 Å². The van der Waals surface area contributed by atoms with E-state index < -0.39 is 10.0 Å². The third-order valence-corrected chi connectivity index (χ3v) is 7.39. The fourth-order valence-electron chi connectivity index (χ4n) is 3.30. The van der Waals surface area contributed by atoms with E-state index in [4.69, 9.17) is 4.74 Å². The molecule has 3 aromatic rings. The molecule has 30 heavy (non-hydrogen) atoms. The highest BCUT2D eigenvalue weighted by Crippen LogP contribution is 2.29. The van der Waals surface area contributed by atoms with Crippen LogP contribution in [0.15, 0.2) is 48.5 Å². The number of aromatic nitrogens is 2. The Bertz CT molecular complexity index is 1180. The zero-order valence-corrected chi connectivity index (χ0v) is 18.1. The van der Waals surface area contributed by atoms with Crippen LogP contribution in [0.5, 0.6) is 5.75 Å². The Hall–Kier alpha value is -2.53. The summed E-state index contributed by atoms with van der Waals surface area (Å²) in [6.07, 6.45) is 1.59. The smallest absolute Gasteiger partial charge is 0.235 e. The molecule has 158 valence electrons. The van der Waals surface area contributed by atoms with Crippen LogP contribution in [0, 0.1) is 0 Å². The molecule has 1 aromatic carbocycles. The molecule has 10 heteroatoms. The molecule has 0 radical (unpaired) electrons. The molecule has 1 saturated heterocycles. The molecule has 4 rings (SSSR count). The normalized spacial score (nSPS) is 17.5. The fourth-order valence-corrected chi connectivity index (χ4v) is 4.99. The van der Waals surface area contributed by atoms with Gasteiger partial charge in [-0.3, -0.25) is 0 Å². The number of hydrogen-bond acceptors (Lipinski definition) is 8. The maximum atomic E-state index is 11.9. The summed E-state index contributed by atoms with van der Waals surface area (Å²) >= 11 is 1.47. The summed E-state index contributed by atoms with van der Waals surface area (Å²) in [4.78, 5) is 12.1. The molecule has 8 nitrogen and oxygen atoms in total. The highest BCUT2D eigenvalue weighted by molar-refractivity contribution is 7.91. The summed E-state index contributed by atoms with van der Waals surface area (Å²) in [5.74, 6) is 0.813. The molecule has 0 spiro atoms. The lowest BCUT2D eigenvalue weighted by atomic mass is 10.1. The quantitative estimate of drug-likeness (QED) is 0.622. The van der Waals surface area contributed by atoms with E-state index in [2.05, 4.69) is 21.4 Å². The standard InChI is InChI=1S/C20H22N4O4S2/c1-3-30(26,27)23(2)12-16-10-17-19(29-16)11-21-20(22-17)24-7-8-28-18(13-24)14-5-4-6-15(25)9-14/h3-6,9-11,18,25H,1,7-8,12-13H2,2H3. The second-order valence-electron chi connectivity index (χ2n) is 7.00. The number of thiophene rings is 1. The molecule has 0 aliphatic carbocycles. The van der Waals surface area contributed by atoms with E-state index >= 15 is 0 Å². The minimum Gasteiger partial charge on any atom is -0.508 e. The molecule has 1 aliphatic heterocycles. The van der Waals surface area contributed by atoms with Crippen molar-refractivity contribution in [2.45, 2.75) is 12.6 Å². The molecule has 0 saturated carbocycles. The van der Waals surface area contributed by atoms with Crippen LogP contribution < -0.4 is 4.90 Å². The number of phenolic OH excluding ortho intramolecular Hbond substituents is 1. The van der Waals surface area contributed by atoms with E-state index in [-0.39, 0.29) is 18.4 Å². The van der Waals surface area contributed by atoms with Gasteiger partial charge in [0.15, 0.2) is 0 Å². The minimum absolute atomic E-state index is 0.180. The summed E-state index contributed by atoms with van der Waals surface area (Å²) in [6, 6.07) is 8.96. The number of rotatable bonds is 6. The van der Waals surface area contributed by atoms with Crippen molar-refractivity contribution in [2.24, 2.45) is 0 Å². The number of morpholine rings is 1. The van der Waals surface area contributed by atoms with Crippen molar-refractivity contribution in [1.82, 2.24) is 14.3 Å².